The summed E-state index contributed by atoms with van der Waals surface area (Å²) in [6, 6.07) is 11.4. The number of anilines is 1. The monoisotopic (exact) mass is 465 g/mol. The maximum atomic E-state index is 13.4. The van der Waals surface area contributed by atoms with Gasteiger partial charge in [-0.25, -0.2) is 4.99 Å². The normalized spacial score (nSPS) is 12.9. The molecule has 1 heterocycles. The van der Waals surface area contributed by atoms with E-state index in [-0.39, 0.29) is 11.6 Å². The van der Waals surface area contributed by atoms with Gasteiger partial charge in [-0.3, -0.25) is 14.9 Å². The number of rotatable bonds is 7. The molecule has 170 valence electrons. The highest BCUT2D eigenvalue weighted by Gasteiger charge is 2.26. The minimum absolute atomic E-state index is 0.00556. The van der Waals surface area contributed by atoms with E-state index >= 15 is 0 Å². The van der Waals surface area contributed by atoms with E-state index in [1.54, 1.807) is 43.7 Å². The Bertz CT molecular complexity index is 1230. The van der Waals surface area contributed by atoms with Crippen molar-refractivity contribution in [2.24, 2.45) is 4.99 Å². The molecule has 9 heteroatoms. The van der Waals surface area contributed by atoms with Crippen LogP contribution in [0.5, 0.6) is 11.5 Å². The van der Waals surface area contributed by atoms with E-state index < -0.39 is 4.92 Å². The predicted octanol–water partition coefficient (Wildman–Crippen LogP) is 5.56. The smallest absolute Gasteiger partial charge is 0.270 e. The maximum absolute atomic E-state index is 13.4. The molecule has 0 atom stereocenters. The number of hydrogen-bond acceptors (Lipinski definition) is 7. The van der Waals surface area contributed by atoms with E-state index in [4.69, 9.17) is 9.47 Å². The number of fused-ring (bicyclic) bond motifs is 1. The number of hydrogen-bond donors (Lipinski definition) is 1. The summed E-state index contributed by atoms with van der Waals surface area (Å²) in [5.74, 6) is 0.859. The third-order valence-corrected chi connectivity index (χ3v) is 6.65. The van der Waals surface area contributed by atoms with Crippen LogP contribution in [0.3, 0.4) is 0 Å². The second-order valence-corrected chi connectivity index (χ2v) is 8.61. The first-order valence-electron chi connectivity index (χ1n) is 10.5. The van der Waals surface area contributed by atoms with Gasteiger partial charge in [0.2, 0.25) is 0 Å². The summed E-state index contributed by atoms with van der Waals surface area (Å²) >= 11 is 1.50. The van der Waals surface area contributed by atoms with Gasteiger partial charge in [0.1, 0.15) is 16.5 Å². The standard InChI is InChI=1S/C24H23N3O5S/c1-31-17-10-11-19(20(13-17)32-2)26-23(28)22-18-8-3-4-9-21(18)33-24(22)25-14-15-6-5-7-16(12-15)27(29)30/h5-7,10-14H,3-4,8-9H2,1-2H3,(H,26,28). The number of aliphatic imine (C=N–C) groups is 1. The molecule has 0 radical (unpaired) electrons. The number of nitrogens with zero attached hydrogens (tertiary/aromatic N) is 2. The first-order valence-corrected chi connectivity index (χ1v) is 11.3. The van der Waals surface area contributed by atoms with Crippen molar-refractivity contribution >= 4 is 39.8 Å². The molecule has 1 amide bonds. The molecule has 1 aliphatic carbocycles. The molecule has 1 N–H and O–H groups in total. The maximum Gasteiger partial charge on any atom is 0.270 e. The first kappa shape index (κ1) is 22.5. The number of carbonyl (C=O) groups excluding carboxylic acids is 1. The number of non-ortho nitro benzene ring substituents is 1. The number of methoxy groups -OCH3 is 2. The van der Waals surface area contributed by atoms with E-state index in [0.717, 1.165) is 31.2 Å². The summed E-state index contributed by atoms with van der Waals surface area (Å²) in [6.45, 7) is 0. The second kappa shape index (κ2) is 9.83. The molecule has 0 aliphatic heterocycles. The number of ether oxygens (including phenoxy) is 2. The largest absolute Gasteiger partial charge is 0.497 e. The molecule has 4 rings (SSSR count). The summed E-state index contributed by atoms with van der Waals surface area (Å²) in [5, 5.41) is 14.6. The van der Waals surface area contributed by atoms with Gasteiger partial charge in [-0.05, 0) is 48.9 Å². The Labute approximate surface area is 195 Å². The summed E-state index contributed by atoms with van der Waals surface area (Å²) in [7, 11) is 3.10. The molecule has 0 spiro atoms. The minimum atomic E-state index is -0.442. The van der Waals surface area contributed by atoms with Crippen molar-refractivity contribution in [2.45, 2.75) is 25.7 Å². The van der Waals surface area contributed by atoms with E-state index in [1.807, 2.05) is 0 Å². The second-order valence-electron chi connectivity index (χ2n) is 7.52. The Morgan fingerprint density at radius 1 is 1.15 bits per heavy atom. The van der Waals surface area contributed by atoms with Crippen molar-refractivity contribution in [3.63, 3.8) is 0 Å². The molecular formula is C24H23N3O5S. The van der Waals surface area contributed by atoms with E-state index in [0.29, 0.717) is 33.3 Å². The van der Waals surface area contributed by atoms with Gasteiger partial charge in [0.25, 0.3) is 11.6 Å². The molecule has 1 aromatic heterocycles. The van der Waals surface area contributed by atoms with Crippen LogP contribution in [0.2, 0.25) is 0 Å². The van der Waals surface area contributed by atoms with Crippen LogP contribution in [0.1, 0.15) is 39.2 Å². The summed E-state index contributed by atoms with van der Waals surface area (Å²) in [5.41, 5.74) is 2.71. The number of aryl methyl sites for hydroxylation is 1. The predicted molar refractivity (Wildman–Crippen MR) is 129 cm³/mol. The molecule has 1 aliphatic rings. The topological polar surface area (TPSA) is 103 Å². The van der Waals surface area contributed by atoms with Gasteiger partial charge in [0, 0.05) is 29.3 Å². The highest BCUT2D eigenvalue weighted by Crippen LogP contribution is 2.41. The van der Waals surface area contributed by atoms with Gasteiger partial charge in [0.15, 0.2) is 0 Å². The average Bonchev–Trinajstić information content (AvgIpc) is 3.21. The van der Waals surface area contributed by atoms with E-state index in [9.17, 15) is 14.9 Å². The lowest BCUT2D eigenvalue weighted by molar-refractivity contribution is -0.384. The van der Waals surface area contributed by atoms with Crippen LogP contribution in [0.4, 0.5) is 16.4 Å². The number of benzene rings is 2. The number of nitro benzene ring substituents is 1. The Kier molecular flexibility index (Phi) is 6.69. The molecule has 0 saturated heterocycles. The van der Waals surface area contributed by atoms with Crippen LogP contribution in [0.25, 0.3) is 0 Å². The third kappa shape index (κ3) is 4.88. The fraction of sp³-hybridized carbons (Fsp3) is 0.250. The number of carbonyl (C=O) groups is 1. The Balaban J connectivity index is 1.68. The van der Waals surface area contributed by atoms with Crippen molar-refractivity contribution < 1.29 is 19.2 Å². The fourth-order valence-corrected chi connectivity index (χ4v) is 5.05. The zero-order valence-corrected chi connectivity index (χ0v) is 19.1. The lowest BCUT2D eigenvalue weighted by Crippen LogP contribution is -2.15. The molecule has 0 unspecified atom stereocenters. The van der Waals surface area contributed by atoms with Crippen LogP contribution >= 0.6 is 11.3 Å². The van der Waals surface area contributed by atoms with Gasteiger partial charge in [-0.15, -0.1) is 11.3 Å². The van der Waals surface area contributed by atoms with Gasteiger partial charge in [0.05, 0.1) is 30.4 Å². The number of thiophene rings is 1. The molecular weight excluding hydrogens is 442 g/mol. The Morgan fingerprint density at radius 3 is 2.73 bits per heavy atom. The SMILES string of the molecule is COc1ccc(NC(=O)c2c(N=Cc3cccc([N+](=O)[O-])c3)sc3c2CCCC3)c(OC)c1. The van der Waals surface area contributed by atoms with Crippen molar-refractivity contribution in [3.05, 3.63) is 74.1 Å². The number of nitrogens with one attached hydrogen (secondary N) is 1. The van der Waals surface area contributed by atoms with Crippen LogP contribution in [-0.2, 0) is 12.8 Å². The Hall–Kier alpha value is -3.72. The van der Waals surface area contributed by atoms with Gasteiger partial charge in [-0.2, -0.15) is 0 Å². The fourth-order valence-electron chi connectivity index (χ4n) is 3.81. The lowest BCUT2D eigenvalue weighted by atomic mass is 9.95. The zero-order valence-electron chi connectivity index (χ0n) is 18.3. The molecule has 3 aromatic rings. The minimum Gasteiger partial charge on any atom is -0.497 e. The lowest BCUT2D eigenvalue weighted by Gasteiger charge is -2.14. The quantitative estimate of drug-likeness (QED) is 0.280. The van der Waals surface area contributed by atoms with Crippen LogP contribution in [0.15, 0.2) is 47.5 Å². The average molecular weight is 466 g/mol. The number of nitro groups is 1. The number of amides is 1. The van der Waals surface area contributed by atoms with E-state index in [2.05, 4.69) is 10.3 Å². The highest BCUT2D eigenvalue weighted by molar-refractivity contribution is 7.16. The summed E-state index contributed by atoms with van der Waals surface area (Å²) in [6.07, 6.45) is 5.40. The molecule has 0 bridgehead atoms. The summed E-state index contributed by atoms with van der Waals surface area (Å²) < 4.78 is 10.6. The highest BCUT2D eigenvalue weighted by atomic mass is 32.1. The molecule has 0 fully saturated rings. The summed E-state index contributed by atoms with van der Waals surface area (Å²) in [4.78, 5) is 29.7. The van der Waals surface area contributed by atoms with Gasteiger partial charge in [-0.1, -0.05) is 12.1 Å². The van der Waals surface area contributed by atoms with Crippen LogP contribution in [-0.4, -0.2) is 31.3 Å². The van der Waals surface area contributed by atoms with Gasteiger partial charge >= 0.3 is 0 Å². The van der Waals surface area contributed by atoms with E-state index in [1.165, 1.54) is 35.5 Å². The van der Waals surface area contributed by atoms with Crippen molar-refractivity contribution in [2.75, 3.05) is 19.5 Å². The van der Waals surface area contributed by atoms with Crippen LogP contribution < -0.4 is 14.8 Å². The van der Waals surface area contributed by atoms with Gasteiger partial charge < -0.3 is 14.8 Å². The molecule has 33 heavy (non-hydrogen) atoms. The molecule has 8 nitrogen and oxygen atoms in total. The van der Waals surface area contributed by atoms with Crippen molar-refractivity contribution in [1.29, 1.82) is 0 Å². The van der Waals surface area contributed by atoms with Crippen LogP contribution in [0, 0.1) is 10.1 Å². The molecule has 0 saturated carbocycles. The third-order valence-electron chi connectivity index (χ3n) is 5.45. The Morgan fingerprint density at radius 2 is 1.97 bits per heavy atom. The molecule has 2 aromatic carbocycles. The van der Waals surface area contributed by atoms with Crippen molar-refractivity contribution in [1.82, 2.24) is 0 Å². The van der Waals surface area contributed by atoms with Crippen molar-refractivity contribution in [3.8, 4) is 11.5 Å². The zero-order chi connectivity index (χ0) is 23.4. The first-order chi connectivity index (χ1) is 16.0.